The van der Waals surface area contributed by atoms with Crippen molar-refractivity contribution < 1.29 is 17.9 Å². The first-order valence-corrected chi connectivity index (χ1v) is 13.1. The lowest BCUT2D eigenvalue weighted by Crippen LogP contribution is -2.30. The van der Waals surface area contributed by atoms with Gasteiger partial charge in [0.15, 0.2) is 0 Å². The molecule has 6 nitrogen and oxygen atoms in total. The molecule has 0 unspecified atom stereocenters. The van der Waals surface area contributed by atoms with E-state index in [2.05, 4.69) is 19.2 Å². The summed E-state index contributed by atoms with van der Waals surface area (Å²) in [6, 6.07) is 23.6. The molecule has 180 valence electrons. The summed E-state index contributed by atoms with van der Waals surface area (Å²) in [5, 5.41) is 3.13. The Hall–Kier alpha value is -3.32. The molecule has 7 heteroatoms. The maximum Gasteiger partial charge on any atom is 0.251 e. The van der Waals surface area contributed by atoms with Crippen molar-refractivity contribution in [1.82, 2.24) is 5.32 Å². The SMILES string of the molecule is COc1ccc([C@H](CC(C)C)NC(=O)c2ccc(N(Cc3ccccc3)S(C)(=O)=O)cc2)cc1. The molecule has 0 aliphatic carbocycles. The zero-order chi connectivity index (χ0) is 24.7. The maximum atomic E-state index is 13.0. The van der Waals surface area contributed by atoms with Gasteiger partial charge in [-0.05, 0) is 59.9 Å². The monoisotopic (exact) mass is 480 g/mol. The summed E-state index contributed by atoms with van der Waals surface area (Å²) in [6.07, 6.45) is 1.97. The first-order valence-electron chi connectivity index (χ1n) is 11.2. The molecule has 1 atom stereocenters. The highest BCUT2D eigenvalue weighted by atomic mass is 32.2. The topological polar surface area (TPSA) is 75.7 Å². The Labute approximate surface area is 202 Å². The number of benzene rings is 3. The molecule has 0 saturated heterocycles. The van der Waals surface area contributed by atoms with Gasteiger partial charge in [0.2, 0.25) is 10.0 Å². The summed E-state index contributed by atoms with van der Waals surface area (Å²) in [5.74, 6) is 0.943. The maximum absolute atomic E-state index is 13.0. The van der Waals surface area contributed by atoms with Gasteiger partial charge in [0.1, 0.15) is 5.75 Å². The fourth-order valence-electron chi connectivity index (χ4n) is 3.76. The number of sulfonamides is 1. The van der Waals surface area contributed by atoms with E-state index in [9.17, 15) is 13.2 Å². The molecule has 0 aromatic heterocycles. The van der Waals surface area contributed by atoms with Gasteiger partial charge < -0.3 is 10.1 Å². The zero-order valence-corrected chi connectivity index (χ0v) is 20.9. The molecule has 3 aromatic carbocycles. The van der Waals surface area contributed by atoms with Crippen LogP contribution < -0.4 is 14.4 Å². The molecule has 34 heavy (non-hydrogen) atoms. The zero-order valence-electron chi connectivity index (χ0n) is 20.1. The molecular formula is C27H32N2O4S. The van der Waals surface area contributed by atoms with E-state index in [1.807, 2.05) is 54.6 Å². The van der Waals surface area contributed by atoms with Crippen LogP contribution in [0.2, 0.25) is 0 Å². The molecule has 0 radical (unpaired) electrons. The lowest BCUT2D eigenvalue weighted by Gasteiger charge is -2.23. The van der Waals surface area contributed by atoms with Gasteiger partial charge in [-0.15, -0.1) is 0 Å². The van der Waals surface area contributed by atoms with Crippen LogP contribution in [0.4, 0.5) is 5.69 Å². The third kappa shape index (κ3) is 6.84. The number of carbonyl (C=O) groups is 1. The average molecular weight is 481 g/mol. The van der Waals surface area contributed by atoms with Crippen LogP contribution in [0, 0.1) is 5.92 Å². The third-order valence-corrected chi connectivity index (χ3v) is 6.66. The molecular weight excluding hydrogens is 448 g/mol. The molecule has 0 saturated carbocycles. The Bertz CT molecular complexity index is 1180. The van der Waals surface area contributed by atoms with Gasteiger partial charge in [-0.1, -0.05) is 56.3 Å². The summed E-state index contributed by atoms with van der Waals surface area (Å²) < 4.78 is 31.5. The van der Waals surface area contributed by atoms with E-state index in [1.54, 1.807) is 31.4 Å². The van der Waals surface area contributed by atoms with Crippen LogP contribution in [0.3, 0.4) is 0 Å². The number of hydrogen-bond donors (Lipinski definition) is 1. The van der Waals surface area contributed by atoms with Crippen LogP contribution in [0.25, 0.3) is 0 Å². The van der Waals surface area contributed by atoms with Crippen LogP contribution in [0.15, 0.2) is 78.9 Å². The van der Waals surface area contributed by atoms with E-state index in [-0.39, 0.29) is 18.5 Å². The van der Waals surface area contributed by atoms with E-state index in [4.69, 9.17) is 4.74 Å². The van der Waals surface area contributed by atoms with Gasteiger partial charge in [-0.25, -0.2) is 8.42 Å². The summed E-state index contributed by atoms with van der Waals surface area (Å²) in [4.78, 5) is 13.0. The molecule has 0 bridgehead atoms. The first kappa shape index (κ1) is 25.3. The average Bonchev–Trinajstić information content (AvgIpc) is 2.82. The van der Waals surface area contributed by atoms with Gasteiger partial charge in [0, 0.05) is 5.56 Å². The lowest BCUT2D eigenvalue weighted by molar-refractivity contribution is 0.0932. The number of hydrogen-bond acceptors (Lipinski definition) is 4. The molecule has 1 amide bonds. The van der Waals surface area contributed by atoms with Gasteiger partial charge >= 0.3 is 0 Å². The second-order valence-electron chi connectivity index (χ2n) is 8.73. The van der Waals surface area contributed by atoms with Gasteiger partial charge in [0.25, 0.3) is 5.91 Å². The largest absolute Gasteiger partial charge is 0.497 e. The predicted octanol–water partition coefficient (Wildman–Crippen LogP) is 5.18. The van der Waals surface area contributed by atoms with Crippen LogP contribution in [-0.4, -0.2) is 27.7 Å². The highest BCUT2D eigenvalue weighted by Crippen LogP contribution is 2.25. The second kappa shape index (κ2) is 11.2. The number of methoxy groups -OCH3 is 1. The van der Waals surface area contributed by atoms with Crippen LogP contribution in [0.1, 0.15) is 47.8 Å². The number of ether oxygens (including phenoxy) is 1. The Morgan fingerprint density at radius 2 is 1.56 bits per heavy atom. The van der Waals surface area contributed by atoms with Gasteiger partial charge in [-0.3, -0.25) is 9.10 Å². The standard InChI is InChI=1S/C27H32N2O4S/c1-20(2)18-26(22-12-16-25(33-3)17-13-22)28-27(30)23-10-14-24(15-11-23)29(34(4,31)32)19-21-8-6-5-7-9-21/h5-17,20,26H,18-19H2,1-4H3,(H,28,30)/t26-/m0/s1. The Kier molecular flexibility index (Phi) is 8.34. The van der Waals surface area contributed by atoms with Crippen molar-refractivity contribution in [1.29, 1.82) is 0 Å². The van der Waals surface area contributed by atoms with Gasteiger partial charge in [-0.2, -0.15) is 0 Å². The van der Waals surface area contributed by atoms with Crippen molar-refractivity contribution in [2.24, 2.45) is 5.92 Å². The molecule has 0 fully saturated rings. The molecule has 0 spiro atoms. The highest BCUT2D eigenvalue weighted by molar-refractivity contribution is 7.92. The van der Waals surface area contributed by atoms with E-state index in [0.29, 0.717) is 17.2 Å². The van der Waals surface area contributed by atoms with Crippen LogP contribution in [-0.2, 0) is 16.6 Å². The van der Waals surface area contributed by atoms with Crippen molar-refractivity contribution >= 4 is 21.6 Å². The molecule has 3 aromatic rings. The smallest absolute Gasteiger partial charge is 0.251 e. The summed E-state index contributed by atoms with van der Waals surface area (Å²) >= 11 is 0. The number of amides is 1. The van der Waals surface area contributed by atoms with E-state index >= 15 is 0 Å². The fourth-order valence-corrected chi connectivity index (χ4v) is 4.64. The number of nitrogens with one attached hydrogen (secondary N) is 1. The number of carbonyl (C=O) groups excluding carboxylic acids is 1. The number of anilines is 1. The summed E-state index contributed by atoms with van der Waals surface area (Å²) in [5.41, 5.74) is 2.87. The normalized spacial score (nSPS) is 12.3. The van der Waals surface area contributed by atoms with Crippen molar-refractivity contribution in [3.05, 3.63) is 95.6 Å². The Morgan fingerprint density at radius 3 is 2.09 bits per heavy atom. The minimum Gasteiger partial charge on any atom is -0.497 e. The minimum absolute atomic E-state index is 0.149. The van der Waals surface area contributed by atoms with E-state index < -0.39 is 10.0 Å². The molecule has 0 heterocycles. The van der Waals surface area contributed by atoms with Crippen molar-refractivity contribution in [3.63, 3.8) is 0 Å². The molecule has 0 aliphatic rings. The van der Waals surface area contributed by atoms with E-state index in [0.717, 1.165) is 23.3 Å². The van der Waals surface area contributed by atoms with Crippen molar-refractivity contribution in [3.8, 4) is 5.75 Å². The van der Waals surface area contributed by atoms with Crippen LogP contribution in [0.5, 0.6) is 5.75 Å². The summed E-state index contributed by atoms with van der Waals surface area (Å²) in [6.45, 7) is 4.45. The van der Waals surface area contributed by atoms with E-state index in [1.165, 1.54) is 10.6 Å². The molecule has 0 aliphatic heterocycles. The highest BCUT2D eigenvalue weighted by Gasteiger charge is 2.20. The summed E-state index contributed by atoms with van der Waals surface area (Å²) in [7, 11) is -1.88. The van der Waals surface area contributed by atoms with Gasteiger partial charge in [0.05, 0.1) is 31.6 Å². The molecule has 1 N–H and O–H groups in total. The second-order valence-corrected chi connectivity index (χ2v) is 10.6. The Morgan fingerprint density at radius 1 is 0.941 bits per heavy atom. The quantitative estimate of drug-likeness (QED) is 0.434. The predicted molar refractivity (Wildman–Crippen MR) is 137 cm³/mol. The fraction of sp³-hybridized carbons (Fsp3) is 0.296. The first-order chi connectivity index (χ1) is 16.2. The Balaban J connectivity index is 1.79. The van der Waals surface area contributed by atoms with Crippen molar-refractivity contribution in [2.75, 3.05) is 17.7 Å². The number of nitrogens with zero attached hydrogens (tertiary/aromatic N) is 1. The third-order valence-electron chi connectivity index (χ3n) is 5.52. The molecule has 3 rings (SSSR count). The minimum atomic E-state index is -3.50. The van der Waals surface area contributed by atoms with Crippen LogP contribution >= 0.6 is 0 Å². The van der Waals surface area contributed by atoms with Crippen molar-refractivity contribution in [2.45, 2.75) is 32.9 Å². The lowest BCUT2D eigenvalue weighted by atomic mass is 9.96. The number of rotatable bonds is 10.